The topological polar surface area (TPSA) is 405 Å². The van der Waals surface area contributed by atoms with E-state index in [9.17, 15) is 47.9 Å². The van der Waals surface area contributed by atoms with Gasteiger partial charge in [-0.1, -0.05) is 46.5 Å². The largest absolute Gasteiger partial charge is 0.458 e. The number of nitrogens with zero attached hydrogens (tertiary/aromatic N) is 2. The van der Waals surface area contributed by atoms with Gasteiger partial charge in [-0.3, -0.25) is 0 Å². The van der Waals surface area contributed by atoms with Crippen molar-refractivity contribution in [2.24, 2.45) is 0 Å². The number of rotatable bonds is 18. The number of alkyl carbamates (subject to hydrolysis) is 2. The van der Waals surface area contributed by atoms with Crippen LogP contribution in [0.4, 0.5) is 28.8 Å². The van der Waals surface area contributed by atoms with Gasteiger partial charge < -0.3 is 62.7 Å². The Morgan fingerprint density at radius 1 is 0.307 bits per heavy atom. The van der Waals surface area contributed by atoms with E-state index in [0.717, 1.165) is 24.2 Å². The van der Waals surface area contributed by atoms with E-state index < -0.39 is 141 Å². The van der Waals surface area contributed by atoms with Crippen LogP contribution in [0.15, 0.2) is 0 Å². The maximum Gasteiger partial charge on any atom is 0.420 e. The third-order valence-electron chi connectivity index (χ3n) is 9.79. The van der Waals surface area contributed by atoms with Gasteiger partial charge in [0.2, 0.25) is 0 Å². The van der Waals surface area contributed by atoms with Crippen LogP contribution >= 0.6 is 0 Å². The first-order chi connectivity index (χ1) is 45.1. The van der Waals surface area contributed by atoms with Crippen molar-refractivity contribution in [2.45, 2.75) is 360 Å². The number of ether oxygens (including phenoxy) is 11. The van der Waals surface area contributed by atoms with Crippen LogP contribution in [0.2, 0.25) is 0 Å². The summed E-state index contributed by atoms with van der Waals surface area (Å²) in [5.41, 5.74) is -7.26. The zero-order valence-corrected chi connectivity index (χ0v) is 67.1. The lowest BCUT2D eigenvalue weighted by atomic mass is 10.1. The number of hydrogen-bond acceptors (Lipinski definition) is 27. The van der Waals surface area contributed by atoms with Gasteiger partial charge in [0.1, 0.15) is 80.2 Å². The summed E-state index contributed by atoms with van der Waals surface area (Å²) < 4.78 is 58.0. The van der Waals surface area contributed by atoms with E-state index in [1.807, 2.05) is 13.8 Å². The highest BCUT2D eigenvalue weighted by atomic mass is 16.6. The molecule has 0 aliphatic heterocycles. The Morgan fingerprint density at radius 2 is 0.515 bits per heavy atom. The Morgan fingerprint density at radius 3 is 0.733 bits per heavy atom. The van der Waals surface area contributed by atoms with Gasteiger partial charge in [-0.2, -0.15) is 38.6 Å². The third-order valence-corrected chi connectivity index (χ3v) is 9.79. The molecule has 0 aromatic carbocycles. The molecular weight excluding hydrogens is 1330 g/mol. The van der Waals surface area contributed by atoms with Crippen molar-refractivity contribution in [3.8, 4) is 0 Å². The summed E-state index contributed by atoms with van der Waals surface area (Å²) in [6, 6.07) is -3.70. The molecule has 4 atom stereocenters. The van der Waals surface area contributed by atoms with E-state index in [-0.39, 0.29) is 37.9 Å². The normalized spacial score (nSPS) is 12.6. The fourth-order valence-corrected chi connectivity index (χ4v) is 6.60. The fraction of sp³-hybridized carbons (Fsp3) is 0.814. The SMILES string of the molecule is CCCC[C@@H](C(=O)OC(C)(C)C)N(C(=O)OC(C)(C)C)C(=O)OC(C)(C)C.CCCC[C@H](NC(=O)OC(C)(C)C)C(=O)OC(C)(C)C.CC[C@H](NC(=O)OC(C)(C)C)C(=O)OC(C)(C)C.COCC[C@@H](C(=O)OC(C)(C)C)N(C(=O)OC(C)(C)C)C(=O)OC(C)(C)C.O=C=O.O=C=O.O=C=O. The second kappa shape index (κ2) is 48.8. The van der Waals surface area contributed by atoms with Crippen LogP contribution in [-0.4, -0.2) is 183 Å². The number of imide groups is 2. The quantitative estimate of drug-likeness (QED) is 0.0950. The van der Waals surface area contributed by atoms with Gasteiger partial charge in [0, 0.05) is 20.1 Å². The second-order valence-corrected chi connectivity index (χ2v) is 31.9. The number of hydrogen-bond donors (Lipinski definition) is 2. The second-order valence-electron chi connectivity index (χ2n) is 31.9. The monoisotopic (exact) mass is 1450 g/mol. The van der Waals surface area contributed by atoms with Crippen molar-refractivity contribution >= 4 is 78.9 Å². The molecule has 588 valence electrons. The Labute approximate surface area is 599 Å². The van der Waals surface area contributed by atoms with E-state index in [1.165, 1.54) is 7.11 Å². The van der Waals surface area contributed by atoms with Crippen molar-refractivity contribution in [3.05, 3.63) is 0 Å². The predicted molar refractivity (Wildman–Crippen MR) is 367 cm³/mol. The summed E-state index contributed by atoms with van der Waals surface area (Å²) in [4.78, 5) is 174. The lowest BCUT2D eigenvalue weighted by molar-refractivity contribution is -0.193. The third kappa shape index (κ3) is 68.9. The predicted octanol–water partition coefficient (Wildman–Crippen LogP) is 13.3. The number of nitrogens with one attached hydrogen (secondary N) is 2. The van der Waals surface area contributed by atoms with Gasteiger partial charge in [-0.15, -0.1) is 0 Å². The first-order valence-electron chi connectivity index (χ1n) is 32.9. The highest BCUT2D eigenvalue weighted by Gasteiger charge is 2.44. The van der Waals surface area contributed by atoms with Crippen molar-refractivity contribution in [3.63, 3.8) is 0 Å². The highest BCUT2D eigenvalue weighted by molar-refractivity contribution is 5.95. The highest BCUT2D eigenvalue weighted by Crippen LogP contribution is 2.25. The van der Waals surface area contributed by atoms with Crippen LogP contribution < -0.4 is 10.6 Å². The average Bonchev–Trinajstić information content (AvgIpc) is 0.824. The molecule has 0 radical (unpaired) electrons. The van der Waals surface area contributed by atoms with Gasteiger partial charge in [-0.05, 0) is 227 Å². The molecule has 0 fully saturated rings. The molecule has 2 N–H and O–H groups in total. The zero-order valence-electron chi connectivity index (χ0n) is 67.1. The molecule has 0 unspecified atom stereocenters. The van der Waals surface area contributed by atoms with Crippen molar-refractivity contribution < 1.29 is 129 Å². The fourth-order valence-electron chi connectivity index (χ4n) is 6.60. The van der Waals surface area contributed by atoms with Gasteiger partial charge in [-0.25, -0.2) is 47.9 Å². The minimum Gasteiger partial charge on any atom is -0.458 e. The molecule has 0 aromatic heterocycles. The molecule has 0 saturated carbocycles. The van der Waals surface area contributed by atoms with E-state index >= 15 is 0 Å². The molecule has 101 heavy (non-hydrogen) atoms. The van der Waals surface area contributed by atoms with Gasteiger partial charge in [0.15, 0.2) is 0 Å². The maximum atomic E-state index is 12.8. The van der Waals surface area contributed by atoms with Gasteiger partial charge in [0.25, 0.3) is 0 Å². The van der Waals surface area contributed by atoms with E-state index in [2.05, 4.69) is 10.6 Å². The summed E-state index contributed by atoms with van der Waals surface area (Å²) in [7, 11) is 1.46. The summed E-state index contributed by atoms with van der Waals surface area (Å²) >= 11 is 0. The minimum absolute atomic E-state index is 0.0455. The van der Waals surface area contributed by atoms with Crippen LogP contribution in [0.3, 0.4) is 0 Å². The lowest BCUT2D eigenvalue weighted by Gasteiger charge is -2.33. The number of methoxy groups -OCH3 is 1. The number of carbonyl (C=O) groups excluding carboxylic acids is 16. The first-order valence-corrected chi connectivity index (χ1v) is 32.9. The number of carbonyl (C=O) groups is 10. The number of amides is 6. The summed E-state index contributed by atoms with van der Waals surface area (Å²) in [5, 5.41) is 5.10. The maximum absolute atomic E-state index is 12.8. The van der Waals surface area contributed by atoms with Gasteiger partial charge >= 0.3 is 78.9 Å². The minimum atomic E-state index is -1.24. The molecule has 0 heterocycles. The average molecular weight is 1460 g/mol. The molecule has 0 aromatic rings. The molecule has 6 amide bonds. The van der Waals surface area contributed by atoms with Gasteiger partial charge in [0.05, 0.1) is 0 Å². The molecule has 31 nitrogen and oxygen atoms in total. The summed E-state index contributed by atoms with van der Waals surface area (Å²) in [6.45, 7) is 57.7. The molecule has 0 aliphatic rings. The standard InChI is InChI=1S/C20H37NO6.C19H35NO7.C15H29NO4.C13H25NO4.3CO2/c1-11-12-13-14(15(22)25-18(2,3)4)21(16(23)26-19(5,6)7)17(24)27-20(8,9)10;1-17(2,3)25-14(21)13(11-12-24-10)20(15(22)26-18(4,5)6)16(23)27-19(7,8)9;1-8-9-10-11(12(17)19-14(2,3)4)16-13(18)20-15(5,6)7;1-8-9(10(15)17-12(2,3)4)14-11(16)18-13(5,6)7;3*2-1-3/h14H,11-13H2,1-10H3;13H,11-12H2,1-10H3;11H,8-10H2,1-7H3,(H,16,18);9H,8H2,1-7H3,(H,14,16);;;/t14-;13-;11-;9-;;;/m0000.../s1. The van der Waals surface area contributed by atoms with E-state index in [0.29, 0.717) is 24.2 Å². The molecule has 0 saturated heterocycles. The Balaban J connectivity index is -0.000000226. The summed E-state index contributed by atoms with van der Waals surface area (Å²) in [5.74, 6) is -2.27. The molecule has 31 heteroatoms. The van der Waals surface area contributed by atoms with Crippen molar-refractivity contribution in [1.82, 2.24) is 20.4 Å². The van der Waals surface area contributed by atoms with Crippen molar-refractivity contribution in [1.29, 1.82) is 0 Å². The van der Waals surface area contributed by atoms with E-state index in [4.69, 9.17) is 80.9 Å². The molecule has 0 spiro atoms. The Hall–Kier alpha value is -8.00. The smallest absolute Gasteiger partial charge is 0.420 e. The van der Waals surface area contributed by atoms with E-state index in [1.54, 1.807) is 215 Å². The zero-order chi connectivity index (χ0) is 81.9. The van der Waals surface area contributed by atoms with Crippen LogP contribution in [0, 0.1) is 0 Å². The molecule has 0 aliphatic carbocycles. The lowest BCUT2D eigenvalue weighted by Crippen LogP contribution is -2.53. The number of esters is 4. The van der Waals surface area contributed by atoms with Crippen LogP contribution in [0.5, 0.6) is 0 Å². The summed E-state index contributed by atoms with van der Waals surface area (Å²) in [6.07, 6.45) is 0.230. The Bertz CT molecular complexity index is 2420. The molecular formula is C70H126N4O27. The van der Waals surface area contributed by atoms with Crippen molar-refractivity contribution in [2.75, 3.05) is 13.7 Å². The number of unbranched alkanes of at least 4 members (excludes halogenated alkanes) is 2. The Kier molecular flexibility index (Phi) is 51.4. The van der Waals surface area contributed by atoms with Crippen LogP contribution in [0.25, 0.3) is 0 Å². The van der Waals surface area contributed by atoms with Crippen LogP contribution in [-0.2, 0) is 100 Å². The molecule has 0 rings (SSSR count). The molecule has 0 bridgehead atoms. The first kappa shape index (κ1) is 106. The van der Waals surface area contributed by atoms with Crippen LogP contribution in [0.1, 0.15) is 280 Å².